The van der Waals surface area contributed by atoms with Crippen molar-refractivity contribution in [2.75, 3.05) is 7.11 Å². The Morgan fingerprint density at radius 2 is 2.32 bits per heavy atom. The Morgan fingerprint density at radius 3 is 2.84 bits per heavy atom. The van der Waals surface area contributed by atoms with E-state index in [1.165, 1.54) is 13.2 Å². The number of nitrogens with two attached hydrogens (primary N) is 1. The van der Waals surface area contributed by atoms with Gasteiger partial charge in [-0.3, -0.25) is 16.0 Å². The average Bonchev–Trinajstić information content (AvgIpc) is 2.81. The Hall–Kier alpha value is -1.92. The number of benzene rings is 1. The van der Waals surface area contributed by atoms with E-state index in [0.29, 0.717) is 6.42 Å². The highest BCUT2D eigenvalue weighted by Crippen LogP contribution is 2.23. The van der Waals surface area contributed by atoms with E-state index < -0.39 is 5.82 Å². The third kappa shape index (κ3) is 3.10. The third-order valence-electron chi connectivity index (χ3n) is 2.98. The Labute approximate surface area is 111 Å². The Balaban J connectivity index is 2.19. The first-order chi connectivity index (χ1) is 9.13. The topological polar surface area (TPSA) is 65.1 Å². The first kappa shape index (κ1) is 13.5. The van der Waals surface area contributed by atoms with Gasteiger partial charge in [0, 0.05) is 13.2 Å². The first-order valence-corrected chi connectivity index (χ1v) is 5.91. The predicted octanol–water partition coefficient (Wildman–Crippen LogP) is 1.31. The van der Waals surface area contributed by atoms with E-state index in [1.807, 2.05) is 13.2 Å². The number of nitrogens with zero attached hydrogens (tertiary/aromatic N) is 2. The lowest BCUT2D eigenvalue weighted by Crippen LogP contribution is -2.29. The molecule has 0 aliphatic heterocycles. The minimum Gasteiger partial charge on any atom is -0.494 e. The fourth-order valence-electron chi connectivity index (χ4n) is 1.99. The zero-order valence-corrected chi connectivity index (χ0v) is 10.9. The number of hydrogen-bond acceptors (Lipinski definition) is 4. The molecule has 0 saturated heterocycles. The van der Waals surface area contributed by atoms with Crippen LogP contribution in [-0.2, 0) is 13.5 Å². The van der Waals surface area contributed by atoms with Crippen LogP contribution in [0, 0.1) is 5.82 Å². The van der Waals surface area contributed by atoms with E-state index in [2.05, 4.69) is 10.5 Å². The minimum absolute atomic E-state index is 0.176. The average molecular weight is 264 g/mol. The maximum absolute atomic E-state index is 13.7. The van der Waals surface area contributed by atoms with Gasteiger partial charge in [0.1, 0.15) is 0 Å². The molecular weight excluding hydrogens is 247 g/mol. The van der Waals surface area contributed by atoms with Crippen molar-refractivity contribution in [1.82, 2.24) is 15.2 Å². The van der Waals surface area contributed by atoms with Crippen molar-refractivity contribution < 1.29 is 9.13 Å². The van der Waals surface area contributed by atoms with Crippen LogP contribution in [0.3, 0.4) is 0 Å². The molecule has 2 aromatic rings. The molecule has 3 N–H and O–H groups in total. The maximum atomic E-state index is 13.7. The third-order valence-corrected chi connectivity index (χ3v) is 2.98. The van der Waals surface area contributed by atoms with Crippen molar-refractivity contribution in [3.8, 4) is 5.75 Å². The molecule has 102 valence electrons. The van der Waals surface area contributed by atoms with Crippen LogP contribution in [0.25, 0.3) is 0 Å². The summed E-state index contributed by atoms with van der Waals surface area (Å²) in [7, 11) is 3.29. The molecule has 1 unspecified atom stereocenters. The number of aryl methyl sites for hydroxylation is 1. The molecule has 1 aromatic heterocycles. The zero-order chi connectivity index (χ0) is 13.8. The van der Waals surface area contributed by atoms with Gasteiger partial charge in [0.2, 0.25) is 0 Å². The summed E-state index contributed by atoms with van der Waals surface area (Å²) in [6, 6.07) is 4.64. The quantitative estimate of drug-likeness (QED) is 0.631. The van der Waals surface area contributed by atoms with E-state index in [4.69, 9.17) is 10.6 Å². The maximum Gasteiger partial charge on any atom is 0.165 e. The Morgan fingerprint density at radius 1 is 1.53 bits per heavy atom. The van der Waals surface area contributed by atoms with E-state index in [-0.39, 0.29) is 11.8 Å². The standard InChI is InChI=1S/C13H17FN4O/c1-18-8-9(7-16-18)5-12(17-15)10-3-4-13(19-2)11(14)6-10/h3-4,6-8,12,17H,5,15H2,1-2H3. The summed E-state index contributed by atoms with van der Waals surface area (Å²) in [6.07, 6.45) is 4.31. The number of halogens is 1. The fourth-order valence-corrected chi connectivity index (χ4v) is 1.99. The highest BCUT2D eigenvalue weighted by Gasteiger charge is 2.14. The summed E-state index contributed by atoms with van der Waals surface area (Å²) in [5.74, 6) is 5.38. The molecule has 1 aromatic carbocycles. The first-order valence-electron chi connectivity index (χ1n) is 5.91. The van der Waals surface area contributed by atoms with E-state index >= 15 is 0 Å². The van der Waals surface area contributed by atoms with Gasteiger partial charge < -0.3 is 4.74 Å². The molecule has 6 heteroatoms. The number of methoxy groups -OCH3 is 1. The molecule has 19 heavy (non-hydrogen) atoms. The molecule has 1 heterocycles. The van der Waals surface area contributed by atoms with Crippen LogP contribution in [0.15, 0.2) is 30.6 Å². The van der Waals surface area contributed by atoms with Crippen molar-refractivity contribution in [2.24, 2.45) is 12.9 Å². The second kappa shape index (κ2) is 5.81. The van der Waals surface area contributed by atoms with Gasteiger partial charge in [0.05, 0.1) is 19.3 Å². The Kier molecular flexibility index (Phi) is 4.13. The van der Waals surface area contributed by atoms with Crippen molar-refractivity contribution in [1.29, 1.82) is 0 Å². The lowest BCUT2D eigenvalue weighted by molar-refractivity contribution is 0.385. The second-order valence-electron chi connectivity index (χ2n) is 4.34. The van der Waals surface area contributed by atoms with Crippen LogP contribution in [0.4, 0.5) is 4.39 Å². The molecule has 1 atom stereocenters. The van der Waals surface area contributed by atoms with Crippen molar-refractivity contribution in [3.63, 3.8) is 0 Å². The lowest BCUT2D eigenvalue weighted by Gasteiger charge is -2.16. The van der Waals surface area contributed by atoms with Gasteiger partial charge in [-0.1, -0.05) is 6.07 Å². The molecule has 2 rings (SSSR count). The molecule has 0 aliphatic rings. The van der Waals surface area contributed by atoms with Crippen LogP contribution in [-0.4, -0.2) is 16.9 Å². The van der Waals surface area contributed by atoms with E-state index in [1.54, 1.807) is 23.0 Å². The number of ether oxygens (including phenoxy) is 1. The highest BCUT2D eigenvalue weighted by molar-refractivity contribution is 5.31. The molecule has 0 saturated carbocycles. The number of hydrazine groups is 1. The molecule has 5 nitrogen and oxygen atoms in total. The van der Waals surface area contributed by atoms with Gasteiger partial charge >= 0.3 is 0 Å². The normalized spacial score (nSPS) is 12.4. The minimum atomic E-state index is -0.397. The number of nitrogens with one attached hydrogen (secondary N) is 1. The smallest absolute Gasteiger partial charge is 0.165 e. The summed E-state index contributed by atoms with van der Waals surface area (Å²) in [5.41, 5.74) is 4.49. The van der Waals surface area contributed by atoms with Crippen LogP contribution in [0.5, 0.6) is 5.75 Å². The van der Waals surface area contributed by atoms with Crippen LogP contribution in [0.2, 0.25) is 0 Å². The lowest BCUT2D eigenvalue weighted by atomic mass is 10.0. The summed E-state index contributed by atoms with van der Waals surface area (Å²) in [6.45, 7) is 0. The van der Waals surface area contributed by atoms with E-state index in [9.17, 15) is 4.39 Å². The molecule has 0 radical (unpaired) electrons. The monoisotopic (exact) mass is 264 g/mol. The molecule has 0 spiro atoms. The van der Waals surface area contributed by atoms with Gasteiger partial charge in [0.25, 0.3) is 0 Å². The highest BCUT2D eigenvalue weighted by atomic mass is 19.1. The number of aromatic nitrogens is 2. The molecule has 0 bridgehead atoms. The van der Waals surface area contributed by atoms with Crippen molar-refractivity contribution in [3.05, 3.63) is 47.5 Å². The predicted molar refractivity (Wildman–Crippen MR) is 69.9 cm³/mol. The summed E-state index contributed by atoms with van der Waals surface area (Å²) in [4.78, 5) is 0. The molecule has 0 amide bonds. The molecule has 0 fully saturated rings. The van der Waals surface area contributed by atoms with Gasteiger partial charge in [-0.15, -0.1) is 0 Å². The van der Waals surface area contributed by atoms with Gasteiger partial charge in [-0.05, 0) is 29.7 Å². The summed E-state index contributed by atoms with van der Waals surface area (Å²) >= 11 is 0. The molecular formula is C13H17FN4O. The van der Waals surface area contributed by atoms with Crippen molar-refractivity contribution >= 4 is 0 Å². The summed E-state index contributed by atoms with van der Waals surface area (Å²) < 4.78 is 20.3. The zero-order valence-electron chi connectivity index (χ0n) is 10.9. The van der Waals surface area contributed by atoms with Gasteiger partial charge in [0.15, 0.2) is 11.6 Å². The fraction of sp³-hybridized carbons (Fsp3) is 0.308. The van der Waals surface area contributed by atoms with Crippen LogP contribution < -0.4 is 16.0 Å². The van der Waals surface area contributed by atoms with E-state index in [0.717, 1.165) is 11.1 Å². The SMILES string of the molecule is COc1ccc(C(Cc2cnn(C)c2)NN)cc1F. The van der Waals surface area contributed by atoms with Crippen LogP contribution in [0.1, 0.15) is 17.2 Å². The largest absolute Gasteiger partial charge is 0.494 e. The number of rotatable bonds is 5. The number of hydrogen-bond donors (Lipinski definition) is 2. The second-order valence-corrected chi connectivity index (χ2v) is 4.34. The van der Waals surface area contributed by atoms with Gasteiger partial charge in [-0.25, -0.2) is 4.39 Å². The van der Waals surface area contributed by atoms with Crippen LogP contribution >= 0.6 is 0 Å². The summed E-state index contributed by atoms with van der Waals surface area (Å²) in [5, 5.41) is 4.10. The molecule has 0 aliphatic carbocycles. The van der Waals surface area contributed by atoms with Gasteiger partial charge in [-0.2, -0.15) is 5.10 Å². The Bertz CT molecular complexity index is 555. The van der Waals surface area contributed by atoms with Crippen molar-refractivity contribution in [2.45, 2.75) is 12.5 Å².